The lowest BCUT2D eigenvalue weighted by Gasteiger charge is -2.28. The van der Waals surface area contributed by atoms with Crippen molar-refractivity contribution in [2.24, 2.45) is 0 Å². The van der Waals surface area contributed by atoms with Crippen molar-refractivity contribution < 1.29 is 0 Å². The molecule has 8 rings (SSSR count). The van der Waals surface area contributed by atoms with Crippen molar-refractivity contribution in [1.82, 2.24) is 0 Å². The van der Waals surface area contributed by atoms with Gasteiger partial charge in [0.25, 0.3) is 0 Å². The van der Waals surface area contributed by atoms with E-state index in [1.165, 1.54) is 87.6 Å². The van der Waals surface area contributed by atoms with Crippen molar-refractivity contribution in [3.05, 3.63) is 171 Å². The molecule has 0 unspecified atom stereocenters. The van der Waals surface area contributed by atoms with Crippen LogP contribution >= 0.6 is 0 Å². The standard InChI is InChI=1S/C49H46/c1-48(2,3)39-25-26-42-38(29-39)30-45-44(42)31-43(47(49(4,5)6)46(45)34-17-7-8-18-34)37(27-35-21-13-19-32-15-9-11-23-40(32)35)28-36-22-14-20-33-16-10-12-24-41(33)36/h7-17,19-26,29-31H,18,27-28H2,1-6H3. The third-order valence-corrected chi connectivity index (χ3v) is 10.7. The molecule has 242 valence electrons. The smallest absolute Gasteiger partial charge is 0.00485 e. The van der Waals surface area contributed by atoms with E-state index in [4.69, 9.17) is 0 Å². The van der Waals surface area contributed by atoms with Crippen LogP contribution in [0.1, 0.15) is 81.3 Å². The van der Waals surface area contributed by atoms with E-state index in [-0.39, 0.29) is 10.8 Å². The van der Waals surface area contributed by atoms with Crippen molar-refractivity contribution in [1.29, 1.82) is 0 Å². The fraction of sp³-hybridized carbons (Fsp3) is 0.224. The van der Waals surface area contributed by atoms with E-state index in [1.54, 1.807) is 0 Å². The lowest BCUT2D eigenvalue weighted by molar-refractivity contribution is 0.583. The number of allylic oxidation sites excluding steroid dienone is 4. The van der Waals surface area contributed by atoms with Gasteiger partial charge in [0.05, 0.1) is 0 Å². The van der Waals surface area contributed by atoms with Gasteiger partial charge in [0.15, 0.2) is 0 Å². The molecule has 0 saturated heterocycles. The van der Waals surface area contributed by atoms with Gasteiger partial charge in [0.1, 0.15) is 0 Å². The lowest BCUT2D eigenvalue weighted by atomic mass is 9.76. The number of fused-ring (bicyclic) bond motifs is 5. The second-order valence-electron chi connectivity index (χ2n) is 16.1. The summed E-state index contributed by atoms with van der Waals surface area (Å²) in [6.45, 7) is 14.2. The highest BCUT2D eigenvalue weighted by molar-refractivity contribution is 5.91. The van der Waals surface area contributed by atoms with E-state index in [9.17, 15) is 0 Å². The third-order valence-electron chi connectivity index (χ3n) is 10.7. The summed E-state index contributed by atoms with van der Waals surface area (Å²) in [5.74, 6) is 0. The fourth-order valence-corrected chi connectivity index (χ4v) is 8.25. The second kappa shape index (κ2) is 11.9. The zero-order valence-corrected chi connectivity index (χ0v) is 29.8. The molecule has 2 aliphatic carbocycles. The Hall–Kier alpha value is -4.94. The maximum absolute atomic E-state index is 2.58. The van der Waals surface area contributed by atoms with Crippen LogP contribution < -0.4 is 10.4 Å². The first-order chi connectivity index (χ1) is 23.6. The molecule has 0 N–H and O–H groups in total. The summed E-state index contributed by atoms with van der Waals surface area (Å²) in [7, 11) is 0. The fourth-order valence-electron chi connectivity index (χ4n) is 8.25. The molecule has 0 nitrogen and oxygen atoms in total. The maximum Gasteiger partial charge on any atom is -0.00485 e. The molecule has 0 saturated carbocycles. The molecule has 2 aliphatic rings. The zero-order chi connectivity index (χ0) is 33.9. The Labute approximate surface area is 291 Å². The summed E-state index contributed by atoms with van der Waals surface area (Å²) in [6, 6.07) is 41.2. The Morgan fingerprint density at radius 2 is 1.22 bits per heavy atom. The van der Waals surface area contributed by atoms with Gasteiger partial charge in [-0.15, -0.1) is 0 Å². The van der Waals surface area contributed by atoms with Gasteiger partial charge in [-0.3, -0.25) is 0 Å². The highest BCUT2D eigenvalue weighted by Crippen LogP contribution is 2.37. The quantitative estimate of drug-likeness (QED) is 0.177. The third kappa shape index (κ3) is 5.68. The Morgan fingerprint density at radius 3 is 1.80 bits per heavy atom. The average molecular weight is 635 g/mol. The van der Waals surface area contributed by atoms with Crippen LogP contribution in [-0.4, -0.2) is 0 Å². The molecule has 0 heterocycles. The Morgan fingerprint density at radius 1 is 0.612 bits per heavy atom. The molecule has 0 aliphatic heterocycles. The van der Waals surface area contributed by atoms with Gasteiger partial charge in [-0.1, -0.05) is 168 Å². The highest BCUT2D eigenvalue weighted by atomic mass is 14.3. The van der Waals surface area contributed by atoms with Crippen LogP contribution in [0.15, 0.2) is 127 Å². The molecule has 0 heteroatoms. The molecule has 0 atom stereocenters. The average Bonchev–Trinajstić information content (AvgIpc) is 3.75. The zero-order valence-electron chi connectivity index (χ0n) is 29.8. The minimum atomic E-state index is -0.0783. The summed E-state index contributed by atoms with van der Waals surface area (Å²) in [4.78, 5) is 0. The van der Waals surface area contributed by atoms with Gasteiger partial charge in [-0.2, -0.15) is 0 Å². The molecule has 6 aromatic rings. The predicted octanol–water partition coefficient (Wildman–Crippen LogP) is 11.4. The van der Waals surface area contributed by atoms with Crippen molar-refractivity contribution in [2.45, 2.75) is 71.6 Å². The van der Waals surface area contributed by atoms with Crippen molar-refractivity contribution in [3.8, 4) is 11.1 Å². The predicted molar refractivity (Wildman–Crippen MR) is 213 cm³/mol. The van der Waals surface area contributed by atoms with Gasteiger partial charge in [-0.05, 0) is 124 Å². The van der Waals surface area contributed by atoms with Crippen LogP contribution in [0.4, 0.5) is 0 Å². The van der Waals surface area contributed by atoms with E-state index in [0.29, 0.717) is 0 Å². The molecule has 0 aromatic heterocycles. The first kappa shape index (κ1) is 31.3. The Balaban J connectivity index is 1.48. The maximum atomic E-state index is 2.58. The summed E-state index contributed by atoms with van der Waals surface area (Å²) >= 11 is 0. The van der Waals surface area contributed by atoms with Crippen LogP contribution in [0.25, 0.3) is 49.9 Å². The summed E-state index contributed by atoms with van der Waals surface area (Å²) in [6.07, 6.45) is 12.2. The van der Waals surface area contributed by atoms with Crippen molar-refractivity contribution >= 4 is 38.8 Å². The monoisotopic (exact) mass is 634 g/mol. The number of benzene rings is 6. The van der Waals surface area contributed by atoms with Crippen LogP contribution in [0.3, 0.4) is 0 Å². The SMILES string of the molecule is CC(C)(C)c1ccc2c(c1)C=c1c-2cc(=C(Cc2cccc3ccccc23)Cc2cccc3ccccc23)c(C(C)(C)C)c1C1=CC=CC1. The van der Waals surface area contributed by atoms with E-state index >= 15 is 0 Å². The molecular formula is C49H46. The molecule has 0 fully saturated rings. The second-order valence-corrected chi connectivity index (χ2v) is 16.1. The highest BCUT2D eigenvalue weighted by Gasteiger charge is 2.29. The number of hydrogen-bond acceptors (Lipinski definition) is 0. The van der Waals surface area contributed by atoms with Gasteiger partial charge in [0.2, 0.25) is 0 Å². The number of rotatable bonds is 5. The van der Waals surface area contributed by atoms with Crippen LogP contribution in [0.5, 0.6) is 0 Å². The van der Waals surface area contributed by atoms with Crippen LogP contribution in [0.2, 0.25) is 0 Å². The first-order valence-electron chi connectivity index (χ1n) is 17.9. The topological polar surface area (TPSA) is 0 Å². The largest absolute Gasteiger partial charge is 0.0801 e. The molecule has 0 radical (unpaired) electrons. The van der Waals surface area contributed by atoms with E-state index in [2.05, 4.69) is 175 Å². The molecule has 6 aromatic carbocycles. The lowest BCUT2D eigenvalue weighted by Crippen LogP contribution is -2.32. The molecule has 0 amide bonds. The van der Waals surface area contributed by atoms with Crippen molar-refractivity contribution in [2.75, 3.05) is 0 Å². The van der Waals surface area contributed by atoms with Gasteiger partial charge in [-0.25, -0.2) is 0 Å². The van der Waals surface area contributed by atoms with Gasteiger partial charge >= 0.3 is 0 Å². The molecule has 0 spiro atoms. The Kier molecular flexibility index (Phi) is 7.60. The minimum absolute atomic E-state index is 0.0783. The van der Waals surface area contributed by atoms with Crippen molar-refractivity contribution in [3.63, 3.8) is 0 Å². The van der Waals surface area contributed by atoms with Crippen LogP contribution in [0, 0.1) is 0 Å². The minimum Gasteiger partial charge on any atom is -0.0801 e. The number of hydrogen-bond donors (Lipinski definition) is 0. The van der Waals surface area contributed by atoms with Gasteiger partial charge < -0.3 is 0 Å². The van der Waals surface area contributed by atoms with Crippen LogP contribution in [-0.2, 0) is 23.7 Å². The molecule has 49 heavy (non-hydrogen) atoms. The summed E-state index contributed by atoms with van der Waals surface area (Å²) < 4.78 is 0. The summed E-state index contributed by atoms with van der Waals surface area (Å²) in [5, 5.41) is 8.09. The van der Waals surface area contributed by atoms with E-state index in [0.717, 1.165) is 19.3 Å². The summed E-state index contributed by atoms with van der Waals surface area (Å²) in [5.41, 5.74) is 14.1. The van der Waals surface area contributed by atoms with E-state index < -0.39 is 0 Å². The van der Waals surface area contributed by atoms with E-state index in [1.807, 2.05) is 0 Å². The van der Waals surface area contributed by atoms with Gasteiger partial charge in [0, 0.05) is 0 Å². The Bertz CT molecular complexity index is 2370. The molecular weight excluding hydrogens is 589 g/mol. The first-order valence-corrected chi connectivity index (χ1v) is 17.9. The normalized spacial score (nSPS) is 13.8. The molecule has 0 bridgehead atoms.